The molecule has 7 heteroatoms. The Morgan fingerprint density at radius 3 is 2.46 bits per heavy atom. The Morgan fingerprint density at radius 1 is 1.12 bits per heavy atom. The van der Waals surface area contributed by atoms with Gasteiger partial charge in [0.25, 0.3) is 0 Å². The first-order valence-electron chi connectivity index (χ1n) is 7.40. The first-order valence-corrected chi connectivity index (χ1v) is 7.78. The van der Waals surface area contributed by atoms with E-state index in [9.17, 15) is 14.0 Å². The van der Waals surface area contributed by atoms with Gasteiger partial charge in [-0.05, 0) is 48.5 Å². The summed E-state index contributed by atoms with van der Waals surface area (Å²) < 4.78 is 12.8. The number of hydrogen-bond donors (Lipinski definition) is 2. The van der Waals surface area contributed by atoms with Crippen molar-refractivity contribution in [1.82, 2.24) is 5.32 Å². The number of halogens is 2. The van der Waals surface area contributed by atoms with Gasteiger partial charge >= 0.3 is 6.03 Å². The second kappa shape index (κ2) is 6.88. The normalized spacial score (nSPS) is 17.0. The van der Waals surface area contributed by atoms with Crippen molar-refractivity contribution < 1.29 is 14.0 Å². The second-order valence-corrected chi connectivity index (χ2v) is 5.92. The maximum Gasteiger partial charge on any atom is 0.319 e. The monoisotopic (exact) mass is 347 g/mol. The Morgan fingerprint density at radius 2 is 1.79 bits per heavy atom. The molecule has 0 aliphatic carbocycles. The van der Waals surface area contributed by atoms with E-state index in [0.29, 0.717) is 17.3 Å². The van der Waals surface area contributed by atoms with E-state index in [1.54, 1.807) is 29.2 Å². The Balaban J connectivity index is 1.58. The molecule has 1 saturated heterocycles. The molecule has 0 bridgehead atoms. The topological polar surface area (TPSA) is 61.4 Å². The molecule has 0 spiro atoms. The van der Waals surface area contributed by atoms with Crippen molar-refractivity contribution in [2.24, 2.45) is 0 Å². The van der Waals surface area contributed by atoms with Crippen LogP contribution in [0.3, 0.4) is 0 Å². The highest BCUT2D eigenvalue weighted by molar-refractivity contribution is 6.30. The fourth-order valence-electron chi connectivity index (χ4n) is 2.56. The quantitative estimate of drug-likeness (QED) is 0.893. The molecule has 124 valence electrons. The lowest BCUT2D eigenvalue weighted by Crippen LogP contribution is -2.39. The van der Waals surface area contributed by atoms with E-state index in [1.165, 1.54) is 24.3 Å². The van der Waals surface area contributed by atoms with Crippen LogP contribution in [0.2, 0.25) is 5.02 Å². The molecule has 0 radical (unpaired) electrons. The molecule has 24 heavy (non-hydrogen) atoms. The number of nitrogens with one attached hydrogen (secondary N) is 2. The summed E-state index contributed by atoms with van der Waals surface area (Å²) in [7, 11) is 0. The third-order valence-electron chi connectivity index (χ3n) is 3.70. The minimum absolute atomic E-state index is 0.0654. The predicted octanol–water partition coefficient (Wildman–Crippen LogP) is 3.41. The molecule has 2 N–H and O–H groups in total. The molecule has 1 atom stereocenters. The van der Waals surface area contributed by atoms with Gasteiger partial charge in [0, 0.05) is 29.4 Å². The van der Waals surface area contributed by atoms with Crippen LogP contribution >= 0.6 is 11.6 Å². The minimum atomic E-state index is -0.433. The number of carbonyl (C=O) groups is 2. The number of urea groups is 1. The van der Waals surface area contributed by atoms with Crippen molar-refractivity contribution in [3.05, 3.63) is 59.4 Å². The zero-order valence-electron chi connectivity index (χ0n) is 12.6. The smallest absolute Gasteiger partial charge is 0.319 e. The van der Waals surface area contributed by atoms with Gasteiger partial charge in [0.05, 0.1) is 6.04 Å². The Hall–Kier alpha value is -2.60. The van der Waals surface area contributed by atoms with E-state index >= 15 is 0 Å². The van der Waals surface area contributed by atoms with Crippen LogP contribution < -0.4 is 15.5 Å². The molecule has 2 aromatic carbocycles. The largest absolute Gasteiger partial charge is 0.333 e. The molecule has 1 fully saturated rings. The predicted molar refractivity (Wildman–Crippen MR) is 90.8 cm³/mol. The zero-order valence-corrected chi connectivity index (χ0v) is 13.4. The van der Waals surface area contributed by atoms with Crippen molar-refractivity contribution in [2.45, 2.75) is 12.5 Å². The SMILES string of the molecule is O=C(Nc1ccc(F)cc1)NC1CC(=O)N(c2ccc(Cl)cc2)C1. The minimum Gasteiger partial charge on any atom is -0.333 e. The molecule has 1 aliphatic heterocycles. The zero-order chi connectivity index (χ0) is 17.1. The maximum absolute atomic E-state index is 12.8. The number of rotatable bonds is 3. The van der Waals surface area contributed by atoms with Gasteiger partial charge in [-0.25, -0.2) is 9.18 Å². The lowest BCUT2D eigenvalue weighted by atomic mass is 10.2. The molecule has 3 amide bonds. The van der Waals surface area contributed by atoms with Gasteiger partial charge in [-0.2, -0.15) is 0 Å². The van der Waals surface area contributed by atoms with Gasteiger partial charge in [0.15, 0.2) is 0 Å². The molecule has 1 heterocycles. The van der Waals surface area contributed by atoms with E-state index in [-0.39, 0.29) is 24.2 Å². The molecule has 5 nitrogen and oxygen atoms in total. The molecule has 0 aromatic heterocycles. The lowest BCUT2D eigenvalue weighted by molar-refractivity contribution is -0.117. The lowest BCUT2D eigenvalue weighted by Gasteiger charge is -2.17. The van der Waals surface area contributed by atoms with E-state index in [4.69, 9.17) is 11.6 Å². The van der Waals surface area contributed by atoms with Crippen molar-refractivity contribution in [2.75, 3.05) is 16.8 Å². The Bertz CT molecular complexity index is 749. The average Bonchev–Trinajstić information content (AvgIpc) is 2.90. The number of carbonyl (C=O) groups excluding carboxylic acids is 2. The first kappa shape index (κ1) is 16.3. The van der Waals surface area contributed by atoms with Gasteiger partial charge in [-0.1, -0.05) is 11.6 Å². The van der Waals surface area contributed by atoms with E-state index in [0.717, 1.165) is 5.69 Å². The summed E-state index contributed by atoms with van der Waals surface area (Å²) >= 11 is 5.85. The van der Waals surface area contributed by atoms with Crippen molar-refractivity contribution in [3.63, 3.8) is 0 Å². The van der Waals surface area contributed by atoms with Crippen LogP contribution in [0.4, 0.5) is 20.6 Å². The van der Waals surface area contributed by atoms with Gasteiger partial charge in [-0.3, -0.25) is 4.79 Å². The van der Waals surface area contributed by atoms with Crippen LogP contribution in [0.1, 0.15) is 6.42 Å². The standard InChI is InChI=1S/C17H15ClFN3O2/c18-11-1-7-15(8-2-11)22-10-14(9-16(22)23)21-17(24)20-13-5-3-12(19)4-6-13/h1-8,14H,9-10H2,(H2,20,21,24). The van der Waals surface area contributed by atoms with E-state index in [1.807, 2.05) is 0 Å². The average molecular weight is 348 g/mol. The maximum atomic E-state index is 12.8. The Kier molecular flexibility index (Phi) is 4.66. The van der Waals surface area contributed by atoms with Crippen LogP contribution in [0.15, 0.2) is 48.5 Å². The van der Waals surface area contributed by atoms with E-state index in [2.05, 4.69) is 10.6 Å². The van der Waals surface area contributed by atoms with Crippen molar-refractivity contribution >= 4 is 34.9 Å². The van der Waals surface area contributed by atoms with Crippen LogP contribution in [-0.2, 0) is 4.79 Å². The van der Waals surface area contributed by atoms with Crippen LogP contribution in [0.25, 0.3) is 0 Å². The number of nitrogens with zero attached hydrogens (tertiary/aromatic N) is 1. The number of amides is 3. The number of hydrogen-bond acceptors (Lipinski definition) is 2. The van der Waals surface area contributed by atoms with Crippen molar-refractivity contribution in [1.29, 1.82) is 0 Å². The van der Waals surface area contributed by atoms with Gasteiger partial charge < -0.3 is 15.5 Å². The van der Waals surface area contributed by atoms with Crippen molar-refractivity contribution in [3.8, 4) is 0 Å². The van der Waals surface area contributed by atoms with Crippen LogP contribution in [0.5, 0.6) is 0 Å². The second-order valence-electron chi connectivity index (χ2n) is 5.49. The summed E-state index contributed by atoms with van der Waals surface area (Å²) in [5, 5.41) is 5.96. The molecule has 3 rings (SSSR count). The highest BCUT2D eigenvalue weighted by atomic mass is 35.5. The van der Waals surface area contributed by atoms with Crippen LogP contribution in [-0.4, -0.2) is 24.5 Å². The fourth-order valence-corrected chi connectivity index (χ4v) is 2.69. The third-order valence-corrected chi connectivity index (χ3v) is 3.95. The third kappa shape index (κ3) is 3.83. The molecule has 1 unspecified atom stereocenters. The summed E-state index contributed by atoms with van der Waals surface area (Å²) in [4.78, 5) is 25.7. The fraction of sp³-hybridized carbons (Fsp3) is 0.176. The molecular formula is C17H15ClFN3O2. The summed E-state index contributed by atoms with van der Waals surface area (Å²) in [6.07, 6.45) is 0.222. The highest BCUT2D eigenvalue weighted by Crippen LogP contribution is 2.23. The summed E-state index contributed by atoms with van der Waals surface area (Å²) in [5.41, 5.74) is 1.22. The molecule has 2 aromatic rings. The Labute approximate surface area is 143 Å². The van der Waals surface area contributed by atoms with Crippen LogP contribution in [0, 0.1) is 5.82 Å². The first-order chi connectivity index (χ1) is 11.5. The molecular weight excluding hydrogens is 333 g/mol. The number of benzene rings is 2. The highest BCUT2D eigenvalue weighted by Gasteiger charge is 2.31. The molecule has 0 saturated carbocycles. The molecule has 1 aliphatic rings. The van der Waals surface area contributed by atoms with Gasteiger partial charge in [0.1, 0.15) is 5.82 Å². The van der Waals surface area contributed by atoms with E-state index < -0.39 is 6.03 Å². The van der Waals surface area contributed by atoms with Gasteiger partial charge in [0.2, 0.25) is 5.91 Å². The number of anilines is 2. The summed E-state index contributed by atoms with van der Waals surface area (Å²) in [6, 6.07) is 11.7. The van der Waals surface area contributed by atoms with Gasteiger partial charge in [-0.15, -0.1) is 0 Å². The summed E-state index contributed by atoms with van der Waals surface area (Å²) in [6.45, 7) is 0.386. The summed E-state index contributed by atoms with van der Waals surface area (Å²) in [5.74, 6) is -0.439.